The first-order chi connectivity index (χ1) is 11.7. The van der Waals surface area contributed by atoms with Gasteiger partial charge in [0.05, 0.1) is 11.7 Å². The van der Waals surface area contributed by atoms with E-state index in [2.05, 4.69) is 34.6 Å². The van der Waals surface area contributed by atoms with Gasteiger partial charge in [-0.3, -0.25) is 9.78 Å². The van der Waals surface area contributed by atoms with Crippen LogP contribution in [0, 0.1) is 0 Å². The average molecular weight is 314 g/mol. The number of benzene rings is 2. The zero-order valence-corrected chi connectivity index (χ0v) is 13.5. The van der Waals surface area contributed by atoms with E-state index in [9.17, 15) is 4.79 Å². The van der Waals surface area contributed by atoms with Crippen LogP contribution in [-0.4, -0.2) is 10.9 Å². The summed E-state index contributed by atoms with van der Waals surface area (Å²) in [6, 6.07) is 20.0. The van der Waals surface area contributed by atoms with Gasteiger partial charge in [0.1, 0.15) is 0 Å². The van der Waals surface area contributed by atoms with Crippen molar-refractivity contribution in [1.29, 1.82) is 0 Å². The van der Waals surface area contributed by atoms with Gasteiger partial charge in [-0.25, -0.2) is 0 Å². The molecule has 0 fully saturated rings. The van der Waals surface area contributed by atoms with Crippen LogP contribution in [0.4, 0.5) is 0 Å². The summed E-state index contributed by atoms with van der Waals surface area (Å²) in [6.07, 6.45) is 2.68. The van der Waals surface area contributed by atoms with Crippen LogP contribution in [0.2, 0.25) is 0 Å². The molecule has 0 radical (unpaired) electrons. The lowest BCUT2D eigenvalue weighted by atomic mass is 10.0. The highest BCUT2D eigenvalue weighted by molar-refractivity contribution is 5.96. The third-order valence-corrected chi connectivity index (χ3v) is 4.54. The third kappa shape index (κ3) is 2.58. The molecule has 1 N–H and O–H groups in total. The number of carbonyl (C=O) groups is 1. The Hall–Kier alpha value is -2.94. The van der Waals surface area contributed by atoms with E-state index in [0.29, 0.717) is 5.56 Å². The van der Waals surface area contributed by atoms with Gasteiger partial charge in [0, 0.05) is 11.8 Å². The third-order valence-electron chi connectivity index (χ3n) is 4.54. The molecule has 1 aliphatic carbocycles. The number of fused-ring (bicyclic) bond motifs is 3. The maximum absolute atomic E-state index is 12.6. The van der Waals surface area contributed by atoms with Gasteiger partial charge < -0.3 is 5.32 Å². The van der Waals surface area contributed by atoms with E-state index in [4.69, 9.17) is 0 Å². The van der Waals surface area contributed by atoms with Crippen LogP contribution < -0.4 is 5.32 Å². The first-order valence-electron chi connectivity index (χ1n) is 8.15. The standard InChI is InChI=1S/C21H18N2O/c1-14(20-8-4-5-11-22-20)23-21(24)17-10-9-16-12-15-6-2-3-7-18(15)19(16)13-17/h2-11,13-14H,12H2,1H3,(H,23,24)/t14-/m0/s1. The molecule has 1 heterocycles. The lowest BCUT2D eigenvalue weighted by Gasteiger charge is -2.14. The predicted octanol–water partition coefficient (Wildman–Crippen LogP) is 4.14. The molecule has 2 aromatic carbocycles. The molecule has 1 atom stereocenters. The Morgan fingerprint density at radius 2 is 1.79 bits per heavy atom. The molecule has 0 bridgehead atoms. The summed E-state index contributed by atoms with van der Waals surface area (Å²) in [5.41, 5.74) is 6.56. The Morgan fingerprint density at radius 3 is 2.62 bits per heavy atom. The zero-order chi connectivity index (χ0) is 16.5. The highest BCUT2D eigenvalue weighted by Gasteiger charge is 2.20. The lowest BCUT2D eigenvalue weighted by molar-refractivity contribution is 0.0939. The van der Waals surface area contributed by atoms with Gasteiger partial charge in [-0.15, -0.1) is 0 Å². The summed E-state index contributed by atoms with van der Waals surface area (Å²) in [5, 5.41) is 3.03. The van der Waals surface area contributed by atoms with E-state index in [1.807, 2.05) is 43.3 Å². The summed E-state index contributed by atoms with van der Waals surface area (Å²) in [5.74, 6) is -0.0691. The number of carbonyl (C=O) groups excluding carboxylic acids is 1. The van der Waals surface area contributed by atoms with E-state index >= 15 is 0 Å². The Morgan fingerprint density at radius 1 is 1.00 bits per heavy atom. The first-order valence-corrected chi connectivity index (χ1v) is 8.15. The monoisotopic (exact) mass is 314 g/mol. The minimum atomic E-state index is -0.126. The van der Waals surface area contributed by atoms with Crippen LogP contribution in [0.15, 0.2) is 66.9 Å². The van der Waals surface area contributed by atoms with Crippen LogP contribution >= 0.6 is 0 Å². The molecule has 118 valence electrons. The number of nitrogens with zero attached hydrogens (tertiary/aromatic N) is 1. The second-order valence-electron chi connectivity index (χ2n) is 6.16. The molecule has 4 rings (SSSR count). The minimum absolute atomic E-state index is 0.0691. The molecule has 0 aliphatic heterocycles. The highest BCUT2D eigenvalue weighted by atomic mass is 16.1. The van der Waals surface area contributed by atoms with Crippen molar-refractivity contribution in [3.05, 3.63) is 89.2 Å². The number of hydrogen-bond acceptors (Lipinski definition) is 2. The zero-order valence-electron chi connectivity index (χ0n) is 13.5. The van der Waals surface area contributed by atoms with Crippen molar-refractivity contribution in [2.75, 3.05) is 0 Å². The van der Waals surface area contributed by atoms with Gasteiger partial charge in [0.15, 0.2) is 0 Å². The number of pyridine rings is 1. The molecular weight excluding hydrogens is 296 g/mol. The van der Waals surface area contributed by atoms with Crippen LogP contribution in [0.5, 0.6) is 0 Å². The summed E-state index contributed by atoms with van der Waals surface area (Å²) >= 11 is 0. The fourth-order valence-electron chi connectivity index (χ4n) is 3.25. The lowest BCUT2D eigenvalue weighted by Crippen LogP contribution is -2.27. The normalized spacial score (nSPS) is 13.0. The van der Waals surface area contributed by atoms with Crippen LogP contribution in [0.25, 0.3) is 11.1 Å². The van der Waals surface area contributed by atoms with Gasteiger partial charge >= 0.3 is 0 Å². The SMILES string of the molecule is C[C@H](NC(=O)c1ccc2c(c1)-c1ccccc1C2)c1ccccn1. The van der Waals surface area contributed by atoms with E-state index < -0.39 is 0 Å². The van der Waals surface area contributed by atoms with Crippen molar-refractivity contribution in [3.63, 3.8) is 0 Å². The smallest absolute Gasteiger partial charge is 0.251 e. The van der Waals surface area contributed by atoms with Crippen LogP contribution in [-0.2, 0) is 6.42 Å². The van der Waals surface area contributed by atoms with E-state index in [-0.39, 0.29) is 11.9 Å². The molecule has 3 nitrogen and oxygen atoms in total. The van der Waals surface area contributed by atoms with Gasteiger partial charge in [0.25, 0.3) is 5.91 Å². The molecule has 0 saturated heterocycles. The van der Waals surface area contributed by atoms with Crippen molar-refractivity contribution in [2.45, 2.75) is 19.4 Å². The number of rotatable bonds is 3. The summed E-state index contributed by atoms with van der Waals surface area (Å²) in [7, 11) is 0. The van der Waals surface area contributed by atoms with Gasteiger partial charge in [-0.05, 0) is 59.9 Å². The highest BCUT2D eigenvalue weighted by Crippen LogP contribution is 2.36. The quantitative estimate of drug-likeness (QED) is 0.617. The van der Waals surface area contributed by atoms with Crippen molar-refractivity contribution in [1.82, 2.24) is 10.3 Å². The molecular formula is C21H18N2O. The van der Waals surface area contributed by atoms with Crippen LogP contribution in [0.1, 0.15) is 40.1 Å². The van der Waals surface area contributed by atoms with Gasteiger partial charge in [0.2, 0.25) is 0 Å². The summed E-state index contributed by atoms with van der Waals surface area (Å²) < 4.78 is 0. The fraction of sp³-hybridized carbons (Fsp3) is 0.143. The Kier molecular flexibility index (Phi) is 3.62. The molecule has 0 unspecified atom stereocenters. The summed E-state index contributed by atoms with van der Waals surface area (Å²) in [6.45, 7) is 1.95. The van der Waals surface area contributed by atoms with Crippen molar-refractivity contribution >= 4 is 5.91 Å². The minimum Gasteiger partial charge on any atom is -0.344 e. The predicted molar refractivity (Wildman–Crippen MR) is 94.8 cm³/mol. The number of aromatic nitrogens is 1. The number of amides is 1. The largest absolute Gasteiger partial charge is 0.344 e. The topological polar surface area (TPSA) is 42.0 Å². The van der Waals surface area contributed by atoms with Crippen molar-refractivity contribution in [3.8, 4) is 11.1 Å². The second-order valence-corrected chi connectivity index (χ2v) is 6.16. The molecule has 3 heteroatoms. The molecule has 1 aliphatic rings. The Balaban J connectivity index is 1.59. The second kappa shape index (κ2) is 5.93. The molecule has 1 aromatic heterocycles. The maximum Gasteiger partial charge on any atom is 0.251 e. The molecule has 1 amide bonds. The van der Waals surface area contributed by atoms with Crippen molar-refractivity contribution in [2.24, 2.45) is 0 Å². The van der Waals surface area contributed by atoms with Gasteiger partial charge in [-0.1, -0.05) is 36.4 Å². The first kappa shape index (κ1) is 14.6. The molecule has 3 aromatic rings. The molecule has 0 spiro atoms. The van der Waals surface area contributed by atoms with E-state index in [0.717, 1.165) is 12.1 Å². The Bertz CT molecular complexity index is 903. The number of hydrogen-bond donors (Lipinski definition) is 1. The molecule has 0 saturated carbocycles. The average Bonchev–Trinajstić information content (AvgIpc) is 3.00. The van der Waals surface area contributed by atoms with Crippen molar-refractivity contribution < 1.29 is 4.79 Å². The van der Waals surface area contributed by atoms with E-state index in [1.54, 1.807) is 6.20 Å². The van der Waals surface area contributed by atoms with E-state index in [1.165, 1.54) is 22.3 Å². The fourth-order valence-corrected chi connectivity index (χ4v) is 3.25. The maximum atomic E-state index is 12.6. The Labute approximate surface area is 141 Å². The molecule has 24 heavy (non-hydrogen) atoms. The van der Waals surface area contributed by atoms with Crippen LogP contribution in [0.3, 0.4) is 0 Å². The number of nitrogens with one attached hydrogen (secondary N) is 1. The van der Waals surface area contributed by atoms with Gasteiger partial charge in [-0.2, -0.15) is 0 Å². The summed E-state index contributed by atoms with van der Waals surface area (Å²) in [4.78, 5) is 16.9.